The Hall–Kier alpha value is -3.64. The van der Waals surface area contributed by atoms with E-state index < -0.39 is 5.60 Å². The Morgan fingerprint density at radius 2 is 1.89 bits per heavy atom. The molecule has 6 rings (SSSR count). The highest BCUT2D eigenvalue weighted by molar-refractivity contribution is 6.33. The molecule has 0 radical (unpaired) electrons. The fourth-order valence-corrected chi connectivity index (χ4v) is 4.94. The summed E-state index contributed by atoms with van der Waals surface area (Å²) in [6.07, 6.45) is 8.82. The van der Waals surface area contributed by atoms with Gasteiger partial charge in [0.05, 0.1) is 11.6 Å². The standard InChI is InChI=1S/C29H29ClN6O2/c1-2-29(10-11-29)38-28-25-27(32-20-33-28)36(19-21-6-4-3-5-7-21)26(34-25)23-9-8-22(18-24(23)30)37-17-16-35-14-12-31-13-15-35/h1,3-9,18,20,31H,10-17,19H2. The van der Waals surface area contributed by atoms with Gasteiger partial charge in [-0.1, -0.05) is 47.9 Å². The lowest BCUT2D eigenvalue weighted by molar-refractivity contribution is 0.191. The van der Waals surface area contributed by atoms with E-state index in [2.05, 4.69) is 38.2 Å². The molecule has 38 heavy (non-hydrogen) atoms. The van der Waals surface area contributed by atoms with E-state index in [0.717, 1.165) is 62.4 Å². The van der Waals surface area contributed by atoms with Gasteiger partial charge in [-0.15, -0.1) is 6.42 Å². The molecule has 8 nitrogen and oxygen atoms in total. The van der Waals surface area contributed by atoms with Crippen molar-refractivity contribution >= 4 is 22.8 Å². The molecule has 2 aliphatic rings. The van der Waals surface area contributed by atoms with Crippen LogP contribution < -0.4 is 14.8 Å². The normalized spacial score (nSPS) is 16.7. The van der Waals surface area contributed by atoms with E-state index in [0.29, 0.717) is 41.0 Å². The molecule has 1 aliphatic carbocycles. The Morgan fingerprint density at radius 1 is 1.08 bits per heavy atom. The number of piperazine rings is 1. The fraction of sp³-hybridized carbons (Fsp3) is 0.345. The number of terminal acetylenes is 1. The summed E-state index contributed by atoms with van der Waals surface area (Å²) >= 11 is 6.83. The van der Waals surface area contributed by atoms with Crippen molar-refractivity contribution in [2.45, 2.75) is 25.0 Å². The van der Waals surface area contributed by atoms with Gasteiger partial charge in [0.2, 0.25) is 5.88 Å². The summed E-state index contributed by atoms with van der Waals surface area (Å²) < 4.78 is 14.2. The summed E-state index contributed by atoms with van der Waals surface area (Å²) in [6.45, 7) is 6.17. The lowest BCUT2D eigenvalue weighted by Gasteiger charge is -2.26. The SMILES string of the molecule is C#CC1(Oc2ncnc3c2nc(-c2ccc(OCCN4CCNCC4)cc2Cl)n3Cc2ccccc2)CC1. The summed E-state index contributed by atoms with van der Waals surface area (Å²) in [5.74, 6) is 4.55. The largest absolute Gasteiger partial charge is 0.492 e. The van der Waals surface area contributed by atoms with Crippen LogP contribution in [-0.4, -0.2) is 69.4 Å². The molecule has 1 saturated carbocycles. The minimum Gasteiger partial charge on any atom is -0.492 e. The van der Waals surface area contributed by atoms with Crippen LogP contribution in [0.3, 0.4) is 0 Å². The molecule has 0 atom stereocenters. The summed E-state index contributed by atoms with van der Waals surface area (Å²) in [5, 5.41) is 3.92. The van der Waals surface area contributed by atoms with E-state index in [1.807, 2.05) is 41.0 Å². The number of ether oxygens (including phenoxy) is 2. The minimum atomic E-state index is -0.605. The molecule has 0 amide bonds. The number of halogens is 1. The number of nitrogens with zero attached hydrogens (tertiary/aromatic N) is 5. The number of benzene rings is 2. The average Bonchev–Trinajstić information content (AvgIpc) is 3.63. The van der Waals surface area contributed by atoms with E-state index in [4.69, 9.17) is 32.5 Å². The third-order valence-corrected chi connectivity index (χ3v) is 7.32. The molecular weight excluding hydrogens is 500 g/mol. The maximum absolute atomic E-state index is 6.83. The van der Waals surface area contributed by atoms with Gasteiger partial charge in [0.1, 0.15) is 24.5 Å². The van der Waals surface area contributed by atoms with Crippen molar-refractivity contribution in [3.05, 3.63) is 65.4 Å². The van der Waals surface area contributed by atoms with Crippen LogP contribution in [0.1, 0.15) is 18.4 Å². The van der Waals surface area contributed by atoms with Crippen molar-refractivity contribution in [3.63, 3.8) is 0 Å². The zero-order valence-electron chi connectivity index (χ0n) is 21.1. The van der Waals surface area contributed by atoms with E-state index in [1.54, 1.807) is 0 Å². The van der Waals surface area contributed by atoms with Crippen molar-refractivity contribution in [1.82, 2.24) is 29.7 Å². The van der Waals surface area contributed by atoms with Crippen LogP contribution in [0.15, 0.2) is 54.9 Å². The maximum Gasteiger partial charge on any atom is 0.246 e. The van der Waals surface area contributed by atoms with Crippen molar-refractivity contribution in [2.75, 3.05) is 39.3 Å². The van der Waals surface area contributed by atoms with Crippen molar-refractivity contribution < 1.29 is 9.47 Å². The third-order valence-electron chi connectivity index (χ3n) is 7.01. The Balaban J connectivity index is 1.32. The van der Waals surface area contributed by atoms with Crippen LogP contribution in [0.2, 0.25) is 5.02 Å². The van der Waals surface area contributed by atoms with Crippen LogP contribution in [-0.2, 0) is 6.54 Å². The number of hydrogen-bond acceptors (Lipinski definition) is 7. The molecule has 4 aromatic rings. The summed E-state index contributed by atoms with van der Waals surface area (Å²) in [4.78, 5) is 16.3. The molecule has 1 N–H and O–H groups in total. The van der Waals surface area contributed by atoms with Crippen molar-refractivity contribution in [1.29, 1.82) is 0 Å². The summed E-state index contributed by atoms with van der Waals surface area (Å²) in [6, 6.07) is 15.9. The highest BCUT2D eigenvalue weighted by Crippen LogP contribution is 2.41. The highest BCUT2D eigenvalue weighted by atomic mass is 35.5. The first-order valence-electron chi connectivity index (χ1n) is 12.9. The number of rotatable bonds is 9. The Bertz CT molecular complexity index is 1470. The first-order chi connectivity index (χ1) is 18.6. The highest BCUT2D eigenvalue weighted by Gasteiger charge is 2.45. The van der Waals surface area contributed by atoms with Crippen LogP contribution in [0.4, 0.5) is 0 Å². The van der Waals surface area contributed by atoms with Gasteiger partial charge in [0, 0.05) is 51.1 Å². The van der Waals surface area contributed by atoms with Crippen LogP contribution in [0.25, 0.3) is 22.6 Å². The Kier molecular flexibility index (Phi) is 6.90. The van der Waals surface area contributed by atoms with Crippen molar-refractivity contribution in [2.24, 2.45) is 0 Å². The molecule has 1 saturated heterocycles. The van der Waals surface area contributed by atoms with Crippen LogP contribution in [0.5, 0.6) is 11.6 Å². The minimum absolute atomic E-state index is 0.391. The molecule has 2 fully saturated rings. The van der Waals surface area contributed by atoms with Gasteiger partial charge in [0.25, 0.3) is 0 Å². The first kappa shape index (κ1) is 24.7. The Labute approximate surface area is 227 Å². The smallest absolute Gasteiger partial charge is 0.246 e. The zero-order chi connectivity index (χ0) is 26.0. The number of nitrogens with one attached hydrogen (secondary N) is 1. The summed E-state index contributed by atoms with van der Waals surface area (Å²) in [7, 11) is 0. The van der Waals surface area contributed by atoms with Gasteiger partial charge >= 0.3 is 0 Å². The number of fused-ring (bicyclic) bond motifs is 1. The predicted octanol–water partition coefficient (Wildman–Crippen LogP) is 4.02. The van der Waals surface area contributed by atoms with Crippen LogP contribution in [0, 0.1) is 12.3 Å². The topological polar surface area (TPSA) is 77.3 Å². The van der Waals surface area contributed by atoms with Gasteiger partial charge in [-0.05, 0) is 23.8 Å². The van der Waals surface area contributed by atoms with E-state index in [-0.39, 0.29) is 0 Å². The fourth-order valence-electron chi connectivity index (χ4n) is 4.68. The quantitative estimate of drug-likeness (QED) is 0.329. The molecular formula is C29H29ClN6O2. The number of aromatic nitrogens is 4. The van der Waals surface area contributed by atoms with Gasteiger partial charge in [0.15, 0.2) is 16.8 Å². The third kappa shape index (κ3) is 5.18. The molecule has 0 unspecified atom stereocenters. The molecule has 3 heterocycles. The van der Waals surface area contributed by atoms with E-state index >= 15 is 0 Å². The molecule has 2 aromatic heterocycles. The second-order valence-corrected chi connectivity index (χ2v) is 10.1. The Morgan fingerprint density at radius 3 is 2.63 bits per heavy atom. The number of imidazole rings is 1. The lowest BCUT2D eigenvalue weighted by Crippen LogP contribution is -2.44. The zero-order valence-corrected chi connectivity index (χ0v) is 21.8. The molecule has 9 heteroatoms. The molecule has 1 aliphatic heterocycles. The van der Waals surface area contributed by atoms with Crippen molar-refractivity contribution in [3.8, 4) is 35.4 Å². The van der Waals surface area contributed by atoms with Crippen LogP contribution >= 0.6 is 11.6 Å². The number of hydrogen-bond donors (Lipinski definition) is 1. The monoisotopic (exact) mass is 528 g/mol. The average molecular weight is 529 g/mol. The van der Waals surface area contributed by atoms with Gasteiger partial charge in [-0.3, -0.25) is 4.90 Å². The maximum atomic E-state index is 6.83. The molecule has 194 valence electrons. The second kappa shape index (κ2) is 10.6. The van der Waals surface area contributed by atoms with E-state index in [9.17, 15) is 0 Å². The lowest BCUT2D eigenvalue weighted by atomic mass is 10.2. The molecule has 0 spiro atoms. The van der Waals surface area contributed by atoms with Gasteiger partial charge in [-0.2, -0.15) is 4.98 Å². The van der Waals surface area contributed by atoms with Gasteiger partial charge in [-0.25, -0.2) is 9.97 Å². The molecule has 0 bridgehead atoms. The van der Waals surface area contributed by atoms with Gasteiger partial charge < -0.3 is 19.4 Å². The predicted molar refractivity (Wildman–Crippen MR) is 148 cm³/mol. The second-order valence-electron chi connectivity index (χ2n) is 9.68. The van der Waals surface area contributed by atoms with E-state index in [1.165, 1.54) is 6.33 Å². The first-order valence-corrected chi connectivity index (χ1v) is 13.3. The molecule has 2 aromatic carbocycles. The summed E-state index contributed by atoms with van der Waals surface area (Å²) in [5.41, 5.74) is 2.51.